The third-order valence-corrected chi connectivity index (χ3v) is 3.76. The van der Waals surface area contributed by atoms with Gasteiger partial charge in [-0.25, -0.2) is 9.59 Å². The zero-order valence-corrected chi connectivity index (χ0v) is 12.4. The van der Waals surface area contributed by atoms with Crippen LogP contribution in [-0.4, -0.2) is 45.8 Å². The number of nitrogens with one attached hydrogen (secondary N) is 1. The lowest BCUT2D eigenvalue weighted by Gasteiger charge is -2.22. The molecular weight excluding hydrogens is 328 g/mol. The molecule has 0 unspecified atom stereocenters. The number of aryl methyl sites for hydroxylation is 1. The second-order valence-corrected chi connectivity index (χ2v) is 5.70. The predicted octanol–water partition coefficient (Wildman–Crippen LogP) is 1.81. The first-order valence-electron chi connectivity index (χ1n) is 6.13. The lowest BCUT2D eigenvalue weighted by Crippen LogP contribution is -2.43. The van der Waals surface area contributed by atoms with E-state index in [1.165, 1.54) is 0 Å². The van der Waals surface area contributed by atoms with Crippen LogP contribution in [0.1, 0.15) is 12.0 Å². The third kappa shape index (κ3) is 3.10. The highest BCUT2D eigenvalue weighted by Crippen LogP contribution is 2.23. The fourth-order valence-electron chi connectivity index (χ4n) is 2.19. The van der Waals surface area contributed by atoms with Crippen LogP contribution < -0.4 is 5.32 Å². The number of rotatable bonds is 2. The number of aliphatic carboxylic acids is 1. The lowest BCUT2D eigenvalue weighted by molar-refractivity contribution is -0.141. The van der Waals surface area contributed by atoms with E-state index < -0.39 is 24.1 Å². The van der Waals surface area contributed by atoms with Crippen molar-refractivity contribution in [3.05, 3.63) is 28.2 Å². The van der Waals surface area contributed by atoms with Crippen LogP contribution >= 0.6 is 15.9 Å². The van der Waals surface area contributed by atoms with Crippen molar-refractivity contribution >= 4 is 33.6 Å². The summed E-state index contributed by atoms with van der Waals surface area (Å²) in [4.78, 5) is 24.4. The summed E-state index contributed by atoms with van der Waals surface area (Å²) in [6.07, 6.45) is -0.745. The first kappa shape index (κ1) is 14.8. The predicted molar refractivity (Wildman–Crippen MR) is 76.7 cm³/mol. The monoisotopic (exact) mass is 342 g/mol. The molecule has 1 aromatic rings. The summed E-state index contributed by atoms with van der Waals surface area (Å²) in [6, 6.07) is 3.93. The van der Waals surface area contributed by atoms with Gasteiger partial charge in [0.2, 0.25) is 0 Å². The Labute approximate surface area is 124 Å². The minimum Gasteiger partial charge on any atom is -0.480 e. The van der Waals surface area contributed by atoms with E-state index in [0.717, 1.165) is 14.9 Å². The van der Waals surface area contributed by atoms with Gasteiger partial charge in [0, 0.05) is 23.1 Å². The van der Waals surface area contributed by atoms with E-state index in [-0.39, 0.29) is 13.0 Å². The second-order valence-electron chi connectivity index (χ2n) is 4.79. The zero-order chi connectivity index (χ0) is 14.9. The van der Waals surface area contributed by atoms with Gasteiger partial charge in [-0.1, -0.05) is 22.0 Å². The first-order valence-corrected chi connectivity index (χ1v) is 6.92. The largest absolute Gasteiger partial charge is 0.480 e. The van der Waals surface area contributed by atoms with E-state index in [9.17, 15) is 14.7 Å². The summed E-state index contributed by atoms with van der Waals surface area (Å²) >= 11 is 3.32. The van der Waals surface area contributed by atoms with Crippen LogP contribution in [-0.2, 0) is 4.79 Å². The Morgan fingerprint density at radius 3 is 2.80 bits per heavy atom. The van der Waals surface area contributed by atoms with E-state index in [2.05, 4.69) is 21.2 Å². The molecule has 1 aliphatic rings. The number of carboxylic acids is 1. The fraction of sp³-hybridized carbons (Fsp3) is 0.385. The standard InChI is InChI=1S/C13H15BrN2O4/c1-7-2-3-8(14)4-10(7)15-13(20)16-6-9(17)5-11(16)12(18)19/h2-4,9,11,17H,5-6H2,1H3,(H,15,20)(H,18,19)/t9-,11-/m0/s1. The highest BCUT2D eigenvalue weighted by Gasteiger charge is 2.39. The zero-order valence-electron chi connectivity index (χ0n) is 10.8. The third-order valence-electron chi connectivity index (χ3n) is 3.27. The van der Waals surface area contributed by atoms with E-state index in [1.807, 2.05) is 19.1 Å². The van der Waals surface area contributed by atoms with Crippen LogP contribution in [0.25, 0.3) is 0 Å². The molecule has 0 radical (unpaired) electrons. The van der Waals surface area contributed by atoms with Crippen LogP contribution in [0.4, 0.5) is 10.5 Å². The molecular formula is C13H15BrN2O4. The topological polar surface area (TPSA) is 89.9 Å². The van der Waals surface area contributed by atoms with E-state index in [1.54, 1.807) is 6.07 Å². The molecule has 3 N–H and O–H groups in total. The second kappa shape index (κ2) is 5.80. The van der Waals surface area contributed by atoms with Gasteiger partial charge in [0.15, 0.2) is 0 Å². The van der Waals surface area contributed by atoms with E-state index in [4.69, 9.17) is 5.11 Å². The molecule has 1 aliphatic heterocycles. The number of amides is 2. The number of hydrogen-bond donors (Lipinski definition) is 3. The van der Waals surface area contributed by atoms with Gasteiger partial charge in [-0.2, -0.15) is 0 Å². The number of benzene rings is 1. The van der Waals surface area contributed by atoms with Crippen molar-refractivity contribution in [1.82, 2.24) is 4.90 Å². The van der Waals surface area contributed by atoms with Gasteiger partial charge in [0.25, 0.3) is 0 Å². The molecule has 1 fully saturated rings. The van der Waals surface area contributed by atoms with Gasteiger partial charge in [0.05, 0.1) is 6.10 Å². The van der Waals surface area contributed by atoms with E-state index >= 15 is 0 Å². The molecule has 1 heterocycles. The molecule has 0 bridgehead atoms. The minimum atomic E-state index is -1.11. The molecule has 2 amide bonds. The maximum atomic E-state index is 12.2. The number of hydrogen-bond acceptors (Lipinski definition) is 3. The number of β-amino-alcohol motifs (C(OH)–C–C–N with tert-alkyl or cyclic N) is 1. The van der Waals surface area contributed by atoms with Gasteiger partial charge in [-0.05, 0) is 24.6 Å². The summed E-state index contributed by atoms with van der Waals surface area (Å²) in [7, 11) is 0. The maximum absolute atomic E-state index is 12.2. The number of nitrogens with zero attached hydrogens (tertiary/aromatic N) is 1. The average molecular weight is 343 g/mol. The minimum absolute atomic E-state index is 0.0237. The van der Waals surface area contributed by atoms with Crippen LogP contribution in [0.15, 0.2) is 22.7 Å². The number of aliphatic hydroxyl groups excluding tert-OH is 1. The molecule has 108 valence electrons. The number of carbonyl (C=O) groups is 2. The molecule has 0 saturated carbocycles. The normalized spacial score (nSPS) is 21.9. The van der Waals surface area contributed by atoms with Crippen molar-refractivity contribution in [2.75, 3.05) is 11.9 Å². The Kier molecular flexibility index (Phi) is 4.29. The summed E-state index contributed by atoms with van der Waals surface area (Å²) in [5, 5.41) is 21.3. The van der Waals surface area contributed by atoms with Crippen LogP contribution in [0.3, 0.4) is 0 Å². The molecule has 1 saturated heterocycles. The number of aliphatic hydroxyl groups is 1. The Hall–Kier alpha value is -1.60. The molecule has 20 heavy (non-hydrogen) atoms. The highest BCUT2D eigenvalue weighted by molar-refractivity contribution is 9.10. The average Bonchev–Trinajstić information content (AvgIpc) is 2.76. The first-order chi connectivity index (χ1) is 9.38. The van der Waals surface area contributed by atoms with Gasteiger partial charge < -0.3 is 20.4 Å². The molecule has 2 rings (SSSR count). The van der Waals surface area contributed by atoms with Gasteiger partial charge in [0.1, 0.15) is 6.04 Å². The summed E-state index contributed by atoms with van der Waals surface area (Å²) in [5.74, 6) is -1.11. The smallest absolute Gasteiger partial charge is 0.326 e. The number of carbonyl (C=O) groups excluding carboxylic acids is 1. The maximum Gasteiger partial charge on any atom is 0.326 e. The Morgan fingerprint density at radius 2 is 2.15 bits per heavy atom. The molecule has 7 heteroatoms. The van der Waals surface area contributed by atoms with E-state index in [0.29, 0.717) is 5.69 Å². The lowest BCUT2D eigenvalue weighted by atomic mass is 10.2. The molecule has 1 aromatic carbocycles. The molecule has 2 atom stereocenters. The number of likely N-dealkylation sites (tertiary alicyclic amines) is 1. The quantitative estimate of drug-likeness (QED) is 0.764. The van der Waals surface area contributed by atoms with Crippen molar-refractivity contribution in [3.8, 4) is 0 Å². The van der Waals surface area contributed by atoms with Gasteiger partial charge in [-0.3, -0.25) is 0 Å². The van der Waals surface area contributed by atoms with Crippen LogP contribution in [0.2, 0.25) is 0 Å². The molecule has 0 aliphatic carbocycles. The molecule has 0 aromatic heterocycles. The fourth-order valence-corrected chi connectivity index (χ4v) is 2.55. The number of urea groups is 1. The number of anilines is 1. The van der Waals surface area contributed by atoms with Gasteiger partial charge >= 0.3 is 12.0 Å². The summed E-state index contributed by atoms with van der Waals surface area (Å²) in [6.45, 7) is 1.87. The van der Waals surface area contributed by atoms with Crippen LogP contribution in [0, 0.1) is 6.92 Å². The van der Waals surface area contributed by atoms with Gasteiger partial charge in [-0.15, -0.1) is 0 Å². The SMILES string of the molecule is Cc1ccc(Br)cc1NC(=O)N1C[C@@H](O)C[C@H]1C(=O)O. The van der Waals surface area contributed by atoms with Crippen molar-refractivity contribution in [3.63, 3.8) is 0 Å². The molecule has 6 nitrogen and oxygen atoms in total. The Bertz CT molecular complexity index is 549. The Balaban J connectivity index is 2.15. The van der Waals surface area contributed by atoms with Crippen molar-refractivity contribution in [2.24, 2.45) is 0 Å². The number of halogens is 1. The highest BCUT2D eigenvalue weighted by atomic mass is 79.9. The Morgan fingerprint density at radius 1 is 1.45 bits per heavy atom. The van der Waals surface area contributed by atoms with Crippen molar-refractivity contribution in [1.29, 1.82) is 0 Å². The summed E-state index contributed by atoms with van der Waals surface area (Å²) in [5.41, 5.74) is 1.48. The molecule has 0 spiro atoms. The number of carboxylic acid groups (broad SMARTS) is 1. The summed E-state index contributed by atoms with van der Waals surface area (Å²) < 4.78 is 0.814. The van der Waals surface area contributed by atoms with Crippen LogP contribution in [0.5, 0.6) is 0 Å². The van der Waals surface area contributed by atoms with Crippen molar-refractivity contribution in [2.45, 2.75) is 25.5 Å². The van der Waals surface area contributed by atoms with Crippen molar-refractivity contribution < 1.29 is 19.8 Å².